The molecule has 1 unspecified atom stereocenters. The molecular formula is C16H18FN3O4. The smallest absolute Gasteiger partial charge is 0.324 e. The number of imide groups is 2. The molecule has 2 rings (SSSR count). The lowest BCUT2D eigenvalue weighted by molar-refractivity contribution is -0.148. The Balaban J connectivity index is 2.17. The topological polar surface area (TPSA) is 110 Å². The maximum atomic E-state index is 13.2. The zero-order valence-electron chi connectivity index (χ0n) is 13.3. The minimum atomic E-state index is -1.62. The van der Waals surface area contributed by atoms with Crippen molar-refractivity contribution in [2.24, 2.45) is 11.7 Å². The van der Waals surface area contributed by atoms with Crippen molar-refractivity contribution in [2.75, 3.05) is 0 Å². The van der Waals surface area contributed by atoms with Gasteiger partial charge in [-0.05, 0) is 31.5 Å². The van der Waals surface area contributed by atoms with Gasteiger partial charge in [0, 0.05) is 18.5 Å². The molecule has 1 aliphatic rings. The van der Waals surface area contributed by atoms with Crippen LogP contribution in [0.1, 0.15) is 31.9 Å². The molecule has 0 spiro atoms. The minimum absolute atomic E-state index is 0.326. The predicted octanol–water partition coefficient (Wildman–Crippen LogP) is 0.888. The first-order valence-electron chi connectivity index (χ1n) is 7.44. The van der Waals surface area contributed by atoms with Gasteiger partial charge in [0.2, 0.25) is 5.91 Å². The van der Waals surface area contributed by atoms with Crippen LogP contribution in [0.15, 0.2) is 24.3 Å². The van der Waals surface area contributed by atoms with Crippen molar-refractivity contribution in [2.45, 2.75) is 32.4 Å². The second-order valence-electron chi connectivity index (χ2n) is 5.86. The van der Waals surface area contributed by atoms with Crippen LogP contribution in [0.25, 0.3) is 0 Å². The molecule has 1 aromatic carbocycles. The summed E-state index contributed by atoms with van der Waals surface area (Å²) >= 11 is 0. The number of nitrogens with two attached hydrogens (primary N) is 1. The van der Waals surface area contributed by atoms with Gasteiger partial charge in [-0.1, -0.05) is 12.1 Å². The fourth-order valence-electron chi connectivity index (χ4n) is 2.55. The highest BCUT2D eigenvalue weighted by molar-refractivity contribution is 6.26. The molecule has 2 atom stereocenters. The maximum Gasteiger partial charge on any atom is 0.331 e. The number of nitrogens with one attached hydrogen (secondary N) is 1. The van der Waals surface area contributed by atoms with Gasteiger partial charge in [0.05, 0.1) is 0 Å². The second kappa shape index (κ2) is 6.88. The van der Waals surface area contributed by atoms with Gasteiger partial charge in [0.25, 0.3) is 5.91 Å². The van der Waals surface area contributed by atoms with E-state index in [2.05, 4.69) is 0 Å². The third kappa shape index (κ3) is 3.48. The van der Waals surface area contributed by atoms with E-state index in [9.17, 15) is 23.6 Å². The standard InChI is InChI=1S/C16H18FN3O4/c1-8(2)20-15(23)13(14(22)19-16(20)24)12(21)7-11(18)9-4-3-5-10(17)6-9/h3-6,8,11,13H,7,18H2,1-2H3,(H,19,22,24)/t11-,13?/m1/s1. The number of carbonyl (C=O) groups is 4. The summed E-state index contributed by atoms with van der Waals surface area (Å²) in [6, 6.07) is 3.21. The summed E-state index contributed by atoms with van der Waals surface area (Å²) in [5.74, 6) is -4.66. The highest BCUT2D eigenvalue weighted by Gasteiger charge is 2.45. The molecule has 24 heavy (non-hydrogen) atoms. The van der Waals surface area contributed by atoms with E-state index in [-0.39, 0.29) is 6.42 Å². The van der Waals surface area contributed by atoms with Crippen molar-refractivity contribution in [1.82, 2.24) is 10.2 Å². The lowest BCUT2D eigenvalue weighted by atomic mass is 9.92. The molecule has 1 saturated heterocycles. The van der Waals surface area contributed by atoms with Crippen molar-refractivity contribution in [3.63, 3.8) is 0 Å². The fraction of sp³-hybridized carbons (Fsp3) is 0.375. The first kappa shape index (κ1) is 17.7. The van der Waals surface area contributed by atoms with Crippen LogP contribution in [0.5, 0.6) is 0 Å². The maximum absolute atomic E-state index is 13.2. The highest BCUT2D eigenvalue weighted by atomic mass is 19.1. The number of rotatable bonds is 5. The summed E-state index contributed by atoms with van der Waals surface area (Å²) in [5, 5.41) is 2.00. The van der Waals surface area contributed by atoms with Gasteiger partial charge < -0.3 is 5.73 Å². The Hall–Kier alpha value is -2.61. The van der Waals surface area contributed by atoms with Crippen molar-refractivity contribution in [1.29, 1.82) is 0 Å². The van der Waals surface area contributed by atoms with Gasteiger partial charge in [-0.25, -0.2) is 9.18 Å². The van der Waals surface area contributed by atoms with E-state index < -0.39 is 47.4 Å². The van der Waals surface area contributed by atoms with Crippen molar-refractivity contribution < 1.29 is 23.6 Å². The molecule has 7 nitrogen and oxygen atoms in total. The van der Waals surface area contributed by atoms with E-state index >= 15 is 0 Å². The predicted molar refractivity (Wildman–Crippen MR) is 82.0 cm³/mol. The van der Waals surface area contributed by atoms with Gasteiger partial charge in [-0.2, -0.15) is 0 Å². The number of hydrogen-bond donors (Lipinski definition) is 2. The number of hydrogen-bond acceptors (Lipinski definition) is 5. The Morgan fingerprint density at radius 2 is 2.00 bits per heavy atom. The van der Waals surface area contributed by atoms with E-state index in [4.69, 9.17) is 5.73 Å². The summed E-state index contributed by atoms with van der Waals surface area (Å²) in [4.78, 5) is 49.1. The number of benzene rings is 1. The van der Waals surface area contributed by atoms with Gasteiger partial charge in [-0.3, -0.25) is 24.6 Å². The lowest BCUT2D eigenvalue weighted by Gasteiger charge is -2.32. The molecular weight excluding hydrogens is 317 g/mol. The van der Waals surface area contributed by atoms with E-state index in [1.807, 2.05) is 5.32 Å². The molecule has 0 aliphatic carbocycles. The molecule has 3 N–H and O–H groups in total. The molecule has 4 amide bonds. The third-order valence-electron chi connectivity index (χ3n) is 3.73. The summed E-state index contributed by atoms with van der Waals surface area (Å²) in [6.07, 6.45) is -0.326. The molecule has 0 bridgehead atoms. The summed E-state index contributed by atoms with van der Waals surface area (Å²) in [6.45, 7) is 3.18. The molecule has 8 heteroatoms. The number of Topliss-reactive ketones (excluding diaryl/α,β-unsaturated/α-hetero) is 1. The van der Waals surface area contributed by atoms with Crippen molar-refractivity contribution in [3.8, 4) is 0 Å². The van der Waals surface area contributed by atoms with Crippen LogP contribution in [-0.4, -0.2) is 34.6 Å². The molecule has 0 radical (unpaired) electrons. The quantitative estimate of drug-likeness (QED) is 0.777. The number of urea groups is 1. The molecule has 1 aliphatic heterocycles. The number of barbiturate groups is 1. The van der Waals surface area contributed by atoms with Crippen LogP contribution in [0.3, 0.4) is 0 Å². The van der Waals surface area contributed by atoms with Crippen molar-refractivity contribution >= 4 is 23.6 Å². The zero-order valence-corrected chi connectivity index (χ0v) is 13.3. The van der Waals surface area contributed by atoms with E-state index in [0.29, 0.717) is 5.56 Å². The summed E-state index contributed by atoms with van der Waals surface area (Å²) in [7, 11) is 0. The molecule has 1 heterocycles. The van der Waals surface area contributed by atoms with Gasteiger partial charge in [-0.15, -0.1) is 0 Å². The number of nitrogens with zero attached hydrogens (tertiary/aromatic N) is 1. The third-order valence-corrected chi connectivity index (χ3v) is 3.73. The molecule has 128 valence electrons. The van der Waals surface area contributed by atoms with Gasteiger partial charge >= 0.3 is 6.03 Å². The SMILES string of the molecule is CC(C)N1C(=O)NC(=O)C(C(=O)C[C@@H](N)c2cccc(F)c2)C1=O. The monoisotopic (exact) mass is 335 g/mol. The largest absolute Gasteiger partial charge is 0.331 e. The Bertz CT molecular complexity index is 704. The summed E-state index contributed by atoms with van der Waals surface area (Å²) in [5.41, 5.74) is 6.25. The molecule has 0 saturated carbocycles. The van der Waals surface area contributed by atoms with Crippen LogP contribution < -0.4 is 11.1 Å². The second-order valence-corrected chi connectivity index (χ2v) is 5.86. The Morgan fingerprint density at radius 3 is 2.58 bits per heavy atom. The minimum Gasteiger partial charge on any atom is -0.324 e. The molecule has 1 aromatic rings. The van der Waals surface area contributed by atoms with Crippen LogP contribution >= 0.6 is 0 Å². The average molecular weight is 335 g/mol. The van der Waals surface area contributed by atoms with Crippen LogP contribution in [0.2, 0.25) is 0 Å². The number of ketones is 1. The number of amides is 4. The van der Waals surface area contributed by atoms with E-state index in [0.717, 1.165) is 4.90 Å². The van der Waals surface area contributed by atoms with E-state index in [1.54, 1.807) is 19.9 Å². The van der Waals surface area contributed by atoms with Crippen LogP contribution in [0, 0.1) is 11.7 Å². The Labute approximate surface area is 138 Å². The van der Waals surface area contributed by atoms with Gasteiger partial charge in [0.15, 0.2) is 11.7 Å². The Morgan fingerprint density at radius 1 is 1.33 bits per heavy atom. The highest BCUT2D eigenvalue weighted by Crippen LogP contribution is 2.21. The van der Waals surface area contributed by atoms with Crippen molar-refractivity contribution in [3.05, 3.63) is 35.6 Å². The van der Waals surface area contributed by atoms with Crippen LogP contribution in [0.4, 0.5) is 9.18 Å². The van der Waals surface area contributed by atoms with E-state index in [1.165, 1.54) is 18.2 Å². The molecule has 1 fully saturated rings. The summed E-state index contributed by atoms with van der Waals surface area (Å²) < 4.78 is 13.2. The fourth-order valence-corrected chi connectivity index (χ4v) is 2.55. The average Bonchev–Trinajstić information content (AvgIpc) is 2.45. The normalized spacial score (nSPS) is 19.5. The number of halogens is 1. The first-order chi connectivity index (χ1) is 11.2. The zero-order chi connectivity index (χ0) is 18.0. The Kier molecular flexibility index (Phi) is 5.08. The lowest BCUT2D eigenvalue weighted by Crippen LogP contribution is -2.61. The van der Waals surface area contributed by atoms with Crippen LogP contribution in [-0.2, 0) is 14.4 Å². The first-order valence-corrected chi connectivity index (χ1v) is 7.44. The number of carbonyl (C=O) groups excluding carboxylic acids is 4. The molecule has 0 aromatic heterocycles. The van der Waals surface area contributed by atoms with Gasteiger partial charge in [0.1, 0.15) is 5.82 Å².